The van der Waals surface area contributed by atoms with Gasteiger partial charge < -0.3 is 21.5 Å². The minimum Gasteiger partial charge on any atom is -0.480 e. The Morgan fingerprint density at radius 3 is 2.44 bits per heavy atom. The quantitative estimate of drug-likeness (QED) is 0.376. The molecule has 2 amide bonds. The van der Waals surface area contributed by atoms with Gasteiger partial charge in [-0.2, -0.15) is 0 Å². The molecule has 0 bridgehead atoms. The van der Waals surface area contributed by atoms with Crippen LogP contribution in [0.15, 0.2) is 0 Å². The number of primary amides is 1. The van der Waals surface area contributed by atoms with Crippen LogP contribution in [0.2, 0.25) is 0 Å². The van der Waals surface area contributed by atoms with Gasteiger partial charge in [-0.05, 0) is 20.0 Å². The number of hydrogen-bond acceptors (Lipinski definition) is 4. The monoisotopic (exact) mass is 231 g/mol. The summed E-state index contributed by atoms with van der Waals surface area (Å²) in [5.74, 6) is -2.42. The van der Waals surface area contributed by atoms with Gasteiger partial charge in [0.25, 0.3) is 0 Å². The average molecular weight is 231 g/mol. The van der Waals surface area contributed by atoms with Crippen LogP contribution >= 0.6 is 0 Å². The molecule has 0 aliphatic carbocycles. The molecular weight excluding hydrogens is 214 g/mol. The second kappa shape index (κ2) is 7.63. The van der Waals surface area contributed by atoms with E-state index >= 15 is 0 Å². The van der Waals surface area contributed by atoms with Crippen molar-refractivity contribution >= 4 is 17.8 Å². The Morgan fingerprint density at radius 1 is 1.38 bits per heavy atom. The van der Waals surface area contributed by atoms with Crippen molar-refractivity contribution in [2.24, 2.45) is 5.73 Å². The lowest BCUT2D eigenvalue weighted by Crippen LogP contribution is -2.43. The fraction of sp³-hybridized carbons (Fsp3) is 0.667. The van der Waals surface area contributed by atoms with Gasteiger partial charge in [-0.3, -0.25) is 9.59 Å². The number of carbonyl (C=O) groups is 3. The number of amides is 2. The number of hydrogen-bond donors (Lipinski definition) is 4. The normalized spacial score (nSPS) is 11.8. The van der Waals surface area contributed by atoms with Gasteiger partial charge in [-0.15, -0.1) is 0 Å². The first kappa shape index (κ1) is 14.4. The van der Waals surface area contributed by atoms with Gasteiger partial charge in [-0.25, -0.2) is 4.79 Å². The Labute approximate surface area is 93.4 Å². The van der Waals surface area contributed by atoms with E-state index in [-0.39, 0.29) is 6.42 Å². The number of carboxylic acid groups (broad SMARTS) is 1. The first-order valence-electron chi connectivity index (χ1n) is 4.92. The van der Waals surface area contributed by atoms with Crippen LogP contribution in [0.4, 0.5) is 0 Å². The van der Waals surface area contributed by atoms with Crippen molar-refractivity contribution in [3.8, 4) is 0 Å². The molecule has 0 radical (unpaired) electrons. The summed E-state index contributed by atoms with van der Waals surface area (Å²) in [6, 6.07) is -1.24. The van der Waals surface area contributed by atoms with Gasteiger partial charge in [0.15, 0.2) is 0 Å². The molecule has 0 aromatic rings. The summed E-state index contributed by atoms with van der Waals surface area (Å²) in [6.07, 6.45) is 0.418. The molecule has 0 unspecified atom stereocenters. The molecule has 5 N–H and O–H groups in total. The molecule has 0 rings (SSSR count). The topological polar surface area (TPSA) is 122 Å². The van der Waals surface area contributed by atoms with Crippen molar-refractivity contribution in [3.63, 3.8) is 0 Å². The lowest BCUT2D eigenvalue weighted by atomic mass is 10.2. The Balaban J connectivity index is 4.03. The van der Waals surface area contributed by atoms with Crippen LogP contribution in [0.3, 0.4) is 0 Å². The Kier molecular flexibility index (Phi) is 6.86. The first-order valence-corrected chi connectivity index (χ1v) is 4.92. The van der Waals surface area contributed by atoms with E-state index in [9.17, 15) is 14.4 Å². The molecule has 1 atom stereocenters. The van der Waals surface area contributed by atoms with Crippen molar-refractivity contribution in [1.82, 2.24) is 10.6 Å². The summed E-state index contributed by atoms with van der Waals surface area (Å²) in [5, 5.41) is 13.8. The molecule has 16 heavy (non-hydrogen) atoms. The van der Waals surface area contributed by atoms with Crippen molar-refractivity contribution in [3.05, 3.63) is 0 Å². The van der Waals surface area contributed by atoms with E-state index in [2.05, 4.69) is 10.6 Å². The summed E-state index contributed by atoms with van der Waals surface area (Å²) in [6.45, 7) is 0.668. The van der Waals surface area contributed by atoms with Gasteiger partial charge >= 0.3 is 5.97 Å². The van der Waals surface area contributed by atoms with E-state index < -0.39 is 30.2 Å². The number of carbonyl (C=O) groups excluding carboxylic acids is 2. The summed E-state index contributed by atoms with van der Waals surface area (Å²) in [5.41, 5.74) is 4.86. The summed E-state index contributed by atoms with van der Waals surface area (Å²) in [7, 11) is 1.76. The maximum Gasteiger partial charge on any atom is 0.326 e. The van der Waals surface area contributed by atoms with E-state index in [1.807, 2.05) is 0 Å². The highest BCUT2D eigenvalue weighted by Gasteiger charge is 2.21. The second-order valence-corrected chi connectivity index (χ2v) is 3.34. The third-order valence-electron chi connectivity index (χ3n) is 1.87. The summed E-state index contributed by atoms with van der Waals surface area (Å²) < 4.78 is 0. The minimum atomic E-state index is -1.26. The van der Waals surface area contributed by atoms with Crippen LogP contribution in [0.25, 0.3) is 0 Å². The van der Waals surface area contributed by atoms with Gasteiger partial charge in [0.2, 0.25) is 11.8 Å². The maximum absolute atomic E-state index is 11.3. The van der Waals surface area contributed by atoms with E-state index in [1.54, 1.807) is 7.05 Å². The van der Waals surface area contributed by atoms with Gasteiger partial charge in [0, 0.05) is 6.42 Å². The lowest BCUT2D eigenvalue weighted by Gasteiger charge is -2.12. The molecule has 0 saturated heterocycles. The van der Waals surface area contributed by atoms with Gasteiger partial charge in [0.1, 0.15) is 6.04 Å². The van der Waals surface area contributed by atoms with Crippen LogP contribution < -0.4 is 16.4 Å². The number of nitrogens with one attached hydrogen (secondary N) is 2. The van der Waals surface area contributed by atoms with Crippen LogP contribution in [-0.2, 0) is 14.4 Å². The third-order valence-corrected chi connectivity index (χ3v) is 1.87. The maximum atomic E-state index is 11.3. The average Bonchev–Trinajstić information content (AvgIpc) is 2.16. The predicted octanol–water partition coefficient (Wildman–Crippen LogP) is -1.57. The Morgan fingerprint density at radius 2 is 2.00 bits per heavy atom. The van der Waals surface area contributed by atoms with Crippen molar-refractivity contribution in [2.45, 2.75) is 25.3 Å². The summed E-state index contributed by atoms with van der Waals surface area (Å²) >= 11 is 0. The Bertz CT molecular complexity index is 267. The molecule has 7 heteroatoms. The first-order chi connectivity index (χ1) is 7.47. The molecule has 0 aliphatic rings. The van der Waals surface area contributed by atoms with Gasteiger partial charge in [0.05, 0.1) is 6.42 Å². The van der Waals surface area contributed by atoms with Crippen molar-refractivity contribution in [1.29, 1.82) is 0 Å². The number of nitrogens with two attached hydrogens (primary N) is 1. The van der Waals surface area contributed by atoms with Crippen LogP contribution in [0.5, 0.6) is 0 Å². The smallest absolute Gasteiger partial charge is 0.326 e. The fourth-order valence-corrected chi connectivity index (χ4v) is 1.09. The second-order valence-electron chi connectivity index (χ2n) is 3.34. The van der Waals surface area contributed by atoms with Crippen LogP contribution in [0, 0.1) is 0 Å². The highest BCUT2D eigenvalue weighted by atomic mass is 16.4. The SMILES string of the molecule is CNCCCC(=O)N[C@@H](CC(N)=O)C(=O)O. The van der Waals surface area contributed by atoms with Crippen molar-refractivity contribution in [2.75, 3.05) is 13.6 Å². The molecule has 92 valence electrons. The lowest BCUT2D eigenvalue weighted by molar-refractivity contribution is -0.143. The molecule has 0 aromatic heterocycles. The molecule has 7 nitrogen and oxygen atoms in total. The van der Waals surface area contributed by atoms with E-state index in [0.717, 1.165) is 0 Å². The summed E-state index contributed by atoms with van der Waals surface area (Å²) in [4.78, 5) is 32.5. The zero-order valence-electron chi connectivity index (χ0n) is 9.16. The van der Waals surface area contributed by atoms with E-state index in [0.29, 0.717) is 13.0 Å². The van der Waals surface area contributed by atoms with E-state index in [1.165, 1.54) is 0 Å². The molecule has 0 spiro atoms. The minimum absolute atomic E-state index is 0.212. The number of carboxylic acids is 1. The molecule has 0 aliphatic heterocycles. The van der Waals surface area contributed by atoms with Crippen LogP contribution in [-0.4, -0.2) is 42.5 Å². The predicted molar refractivity (Wildman–Crippen MR) is 56.5 cm³/mol. The highest BCUT2D eigenvalue weighted by Crippen LogP contribution is 1.94. The fourth-order valence-electron chi connectivity index (χ4n) is 1.09. The molecule has 0 fully saturated rings. The number of rotatable bonds is 8. The third kappa shape index (κ3) is 6.77. The molecule has 0 aromatic carbocycles. The van der Waals surface area contributed by atoms with Gasteiger partial charge in [-0.1, -0.05) is 0 Å². The van der Waals surface area contributed by atoms with Crippen LogP contribution in [0.1, 0.15) is 19.3 Å². The zero-order valence-corrected chi connectivity index (χ0v) is 9.16. The van der Waals surface area contributed by atoms with E-state index in [4.69, 9.17) is 10.8 Å². The zero-order chi connectivity index (χ0) is 12.6. The highest BCUT2D eigenvalue weighted by molar-refractivity contribution is 5.88. The molecule has 0 heterocycles. The number of aliphatic carboxylic acids is 1. The molecular formula is C9H17N3O4. The largest absolute Gasteiger partial charge is 0.480 e. The standard InChI is InChI=1S/C9H17N3O4/c1-11-4-2-3-8(14)12-6(9(15)16)5-7(10)13/h6,11H,2-5H2,1H3,(H2,10,13)(H,12,14)(H,15,16)/t6-/m0/s1. The van der Waals surface area contributed by atoms with Crippen molar-refractivity contribution < 1.29 is 19.5 Å². The molecule has 0 saturated carbocycles. The Hall–Kier alpha value is -1.63.